The van der Waals surface area contributed by atoms with Gasteiger partial charge in [-0.05, 0) is 105 Å². The van der Waals surface area contributed by atoms with Crippen LogP contribution in [-0.4, -0.2) is 130 Å². The number of para-hydroxylation sites is 1. The number of carbonyl (C=O) groups is 4. The summed E-state index contributed by atoms with van der Waals surface area (Å²) in [5, 5.41) is 8.08. The molecule has 3 saturated heterocycles. The van der Waals surface area contributed by atoms with Gasteiger partial charge in [0.05, 0.1) is 49.0 Å². The molecule has 0 bridgehead atoms. The van der Waals surface area contributed by atoms with Crippen molar-refractivity contribution in [2.24, 2.45) is 0 Å². The molecule has 4 aliphatic rings. The minimum atomic E-state index is -0.961. The van der Waals surface area contributed by atoms with Gasteiger partial charge in [-0.3, -0.25) is 29.4 Å². The molecule has 0 aliphatic carbocycles. The molecule has 6 heterocycles. The van der Waals surface area contributed by atoms with Crippen molar-refractivity contribution in [3.63, 3.8) is 0 Å². The molecule has 62 heavy (non-hydrogen) atoms. The number of carbonyl (C=O) groups excluding carboxylic acids is 4. The van der Waals surface area contributed by atoms with Crippen LogP contribution < -0.4 is 15.8 Å². The summed E-state index contributed by atoms with van der Waals surface area (Å²) < 4.78 is 19.9. The van der Waals surface area contributed by atoms with E-state index < -0.39 is 23.8 Å². The van der Waals surface area contributed by atoms with Gasteiger partial charge in [0.25, 0.3) is 11.8 Å². The lowest BCUT2D eigenvalue weighted by atomic mass is 9.88. The predicted molar refractivity (Wildman–Crippen MR) is 230 cm³/mol. The molecule has 1 unspecified atom stereocenters. The van der Waals surface area contributed by atoms with Crippen molar-refractivity contribution < 1.29 is 33.4 Å². The van der Waals surface area contributed by atoms with E-state index in [1.807, 2.05) is 71.4 Å². The van der Waals surface area contributed by atoms with Crippen LogP contribution in [0.1, 0.15) is 76.8 Å². The summed E-state index contributed by atoms with van der Waals surface area (Å²) in [7, 11) is 0. The normalized spacial score (nSPS) is 19.4. The number of nitrogen functional groups attached to an aromatic ring is 1. The maximum absolute atomic E-state index is 13.3. The van der Waals surface area contributed by atoms with Crippen molar-refractivity contribution in [2.75, 3.05) is 71.4 Å². The van der Waals surface area contributed by atoms with Crippen molar-refractivity contribution in [3.8, 4) is 22.8 Å². The molecule has 0 spiro atoms. The number of aromatic nitrogens is 4. The Balaban J connectivity index is 0.667. The highest BCUT2D eigenvalue weighted by Crippen LogP contribution is 2.36. The van der Waals surface area contributed by atoms with Crippen LogP contribution in [0.15, 0.2) is 79.1 Å². The Labute approximate surface area is 359 Å². The maximum Gasteiger partial charge on any atom is 0.262 e. The largest absolute Gasteiger partial charge is 0.457 e. The number of rotatable bonds is 15. The first-order valence-corrected chi connectivity index (χ1v) is 21.6. The summed E-state index contributed by atoms with van der Waals surface area (Å²) in [6, 6.07) is 22.2. The molecule has 3 N–H and O–H groups in total. The number of fused-ring (bicyclic) bond motifs is 2. The van der Waals surface area contributed by atoms with Gasteiger partial charge in [-0.25, -0.2) is 14.6 Å². The highest BCUT2D eigenvalue weighted by atomic mass is 16.5. The molecular formula is C46H51N9O7. The Bertz CT molecular complexity index is 2430. The highest BCUT2D eigenvalue weighted by Gasteiger charge is 2.45. The summed E-state index contributed by atoms with van der Waals surface area (Å²) in [5.41, 5.74) is 10.5. The zero-order valence-corrected chi connectivity index (χ0v) is 34.6. The lowest BCUT2D eigenvalue weighted by Crippen LogP contribution is -2.54. The number of anilines is 1. The summed E-state index contributed by atoms with van der Waals surface area (Å²) >= 11 is 0. The topological polar surface area (TPSA) is 187 Å². The first-order chi connectivity index (χ1) is 30.3. The fourth-order valence-corrected chi connectivity index (χ4v) is 9.09. The molecule has 4 amide bonds. The zero-order valence-electron chi connectivity index (χ0n) is 34.6. The van der Waals surface area contributed by atoms with Crippen LogP contribution in [0.4, 0.5) is 5.82 Å². The first-order valence-electron chi connectivity index (χ1n) is 21.6. The van der Waals surface area contributed by atoms with Gasteiger partial charge in [0, 0.05) is 38.2 Å². The smallest absolute Gasteiger partial charge is 0.262 e. The van der Waals surface area contributed by atoms with Gasteiger partial charge in [0.1, 0.15) is 35.4 Å². The molecule has 5 aromatic rings. The average Bonchev–Trinajstić information content (AvgIpc) is 3.80. The first kappa shape index (κ1) is 41.3. The number of nitrogens with zero attached hydrogens (tertiary/aromatic N) is 7. The highest BCUT2D eigenvalue weighted by molar-refractivity contribution is 6.23. The lowest BCUT2D eigenvalue weighted by Gasteiger charge is -2.32. The van der Waals surface area contributed by atoms with Crippen LogP contribution in [0.3, 0.4) is 0 Å². The number of nitrogens with two attached hydrogens (primary N) is 1. The van der Waals surface area contributed by atoms with Crippen LogP contribution in [0.2, 0.25) is 0 Å². The van der Waals surface area contributed by atoms with Crippen molar-refractivity contribution in [1.29, 1.82) is 0 Å². The van der Waals surface area contributed by atoms with Gasteiger partial charge in [-0.1, -0.05) is 24.3 Å². The second-order valence-electron chi connectivity index (χ2n) is 16.4. The van der Waals surface area contributed by atoms with Crippen molar-refractivity contribution in [3.05, 3.63) is 95.8 Å². The molecule has 2 aromatic heterocycles. The van der Waals surface area contributed by atoms with E-state index in [1.165, 1.54) is 6.33 Å². The number of imide groups is 2. The summed E-state index contributed by atoms with van der Waals surface area (Å²) in [4.78, 5) is 65.1. The number of benzene rings is 3. The van der Waals surface area contributed by atoms with Crippen LogP contribution in [0.25, 0.3) is 22.3 Å². The minimum absolute atomic E-state index is 0.0984. The van der Waals surface area contributed by atoms with Gasteiger partial charge in [0.15, 0.2) is 5.65 Å². The fraction of sp³-hybridized carbons (Fsp3) is 0.413. The molecule has 3 aromatic carbocycles. The van der Waals surface area contributed by atoms with Crippen molar-refractivity contribution >= 4 is 40.5 Å². The summed E-state index contributed by atoms with van der Waals surface area (Å²) in [6.07, 6.45) is 5.48. The summed E-state index contributed by atoms with van der Waals surface area (Å²) in [5.74, 6) is 0.270. The van der Waals surface area contributed by atoms with E-state index in [2.05, 4.69) is 25.1 Å². The Morgan fingerprint density at radius 1 is 0.710 bits per heavy atom. The number of piperidine rings is 3. The number of nitrogens with one attached hydrogen (secondary N) is 1. The van der Waals surface area contributed by atoms with E-state index in [-0.39, 0.29) is 30.7 Å². The third-order valence-electron chi connectivity index (χ3n) is 12.5. The minimum Gasteiger partial charge on any atom is -0.457 e. The molecule has 0 radical (unpaired) electrons. The molecule has 0 saturated carbocycles. The van der Waals surface area contributed by atoms with Crippen molar-refractivity contribution in [1.82, 2.24) is 39.8 Å². The van der Waals surface area contributed by atoms with Gasteiger partial charge >= 0.3 is 0 Å². The lowest BCUT2D eigenvalue weighted by molar-refractivity contribution is -0.136. The number of hydrogen-bond acceptors (Lipinski definition) is 13. The van der Waals surface area contributed by atoms with Gasteiger partial charge in [0.2, 0.25) is 11.8 Å². The predicted octanol–water partition coefficient (Wildman–Crippen LogP) is 4.82. The van der Waals surface area contributed by atoms with E-state index in [4.69, 9.17) is 25.0 Å². The van der Waals surface area contributed by atoms with Crippen LogP contribution in [-0.2, 0) is 19.1 Å². The number of amides is 4. The SMILES string of the molecule is Nc1ncnc2c1c(-c1ccc(Oc3ccccc3)cc1)nn2C1CCN(CCOCCOCCN2CCC(c3ccc4c(c3)C(=O)N(C3CCC(=O)NC3=O)C4=O)CC2)CC1. The number of hydrogen-bond donors (Lipinski definition) is 2. The molecule has 1 atom stereocenters. The van der Waals surface area contributed by atoms with Gasteiger partial charge < -0.3 is 29.7 Å². The molecular weight excluding hydrogens is 791 g/mol. The number of likely N-dealkylation sites (tertiary alicyclic amines) is 2. The van der Waals surface area contributed by atoms with E-state index in [1.54, 1.807) is 6.07 Å². The Morgan fingerprint density at radius 3 is 2.06 bits per heavy atom. The van der Waals surface area contributed by atoms with E-state index in [0.717, 1.165) is 109 Å². The van der Waals surface area contributed by atoms with Gasteiger partial charge in [-0.15, -0.1) is 0 Å². The van der Waals surface area contributed by atoms with Crippen LogP contribution in [0.5, 0.6) is 11.5 Å². The average molecular weight is 842 g/mol. The zero-order chi connectivity index (χ0) is 42.6. The van der Waals surface area contributed by atoms with E-state index >= 15 is 0 Å². The maximum atomic E-state index is 13.3. The second-order valence-corrected chi connectivity index (χ2v) is 16.4. The third kappa shape index (κ3) is 8.81. The Morgan fingerprint density at radius 2 is 1.37 bits per heavy atom. The second kappa shape index (κ2) is 18.5. The van der Waals surface area contributed by atoms with Crippen LogP contribution >= 0.6 is 0 Å². The molecule has 322 valence electrons. The standard InChI is InChI=1S/C46H51N9O7/c47-42-40-41(31-6-9-35(10-7-31)62-34-4-2-1-3-5-34)51-55(43(40)49-29-48-42)33-16-20-53(21-17-33)23-25-61-27-26-60-24-22-52-18-14-30(15-19-52)32-8-11-36-37(28-32)46(59)54(45(36)58)38-12-13-39(56)50-44(38)57/h1-11,28-30,33,38H,12-27H2,(H2,47,48,49)(H,50,56,57). The van der Waals surface area contributed by atoms with E-state index in [0.29, 0.717) is 43.4 Å². The monoisotopic (exact) mass is 841 g/mol. The molecule has 3 fully saturated rings. The molecule has 16 nitrogen and oxygen atoms in total. The molecule has 9 rings (SSSR count). The summed E-state index contributed by atoms with van der Waals surface area (Å²) in [6.45, 7) is 7.71. The quantitative estimate of drug-likeness (QED) is 0.108. The van der Waals surface area contributed by atoms with Crippen LogP contribution in [0, 0.1) is 0 Å². The van der Waals surface area contributed by atoms with E-state index in [9.17, 15) is 19.2 Å². The number of ether oxygens (including phenoxy) is 3. The van der Waals surface area contributed by atoms with Crippen molar-refractivity contribution in [2.45, 2.75) is 56.5 Å². The molecule has 4 aliphatic heterocycles. The van der Waals surface area contributed by atoms with Gasteiger partial charge in [-0.2, -0.15) is 5.10 Å². The Hall–Kier alpha value is -6.07. The fourth-order valence-electron chi connectivity index (χ4n) is 9.09. The molecule has 16 heteroatoms. The Kier molecular flexibility index (Phi) is 12.3. The third-order valence-corrected chi connectivity index (χ3v) is 12.5.